The zero-order valence-corrected chi connectivity index (χ0v) is 16.1. The third-order valence-corrected chi connectivity index (χ3v) is 4.75. The van der Waals surface area contributed by atoms with Crippen LogP contribution in [0.5, 0.6) is 0 Å². The summed E-state index contributed by atoms with van der Waals surface area (Å²) in [5.74, 6) is 0. The van der Waals surface area contributed by atoms with Crippen LogP contribution in [0.4, 0.5) is 0 Å². The highest BCUT2D eigenvalue weighted by Gasteiger charge is 2.11. The normalized spacial score (nSPS) is 11.0. The molecule has 0 atom stereocenters. The molecule has 0 amide bonds. The molecule has 0 radical (unpaired) electrons. The molecule has 0 bridgehead atoms. The minimum Gasteiger partial charge on any atom is -0.0651 e. The SMILES string of the molecule is CCCc1ccc(-c2ccc(CCC)cc2CCC)c(CCC)c1. The number of aryl methyl sites for hydroxylation is 4. The summed E-state index contributed by atoms with van der Waals surface area (Å²) in [6.45, 7) is 9.10. The fourth-order valence-corrected chi connectivity index (χ4v) is 3.66. The van der Waals surface area contributed by atoms with Gasteiger partial charge in [-0.3, -0.25) is 0 Å². The van der Waals surface area contributed by atoms with Gasteiger partial charge in [-0.1, -0.05) is 89.8 Å². The van der Waals surface area contributed by atoms with Gasteiger partial charge in [0.15, 0.2) is 0 Å². The smallest absolute Gasteiger partial charge is 0.0149 e. The van der Waals surface area contributed by atoms with Crippen LogP contribution in [-0.2, 0) is 25.7 Å². The lowest BCUT2D eigenvalue weighted by molar-refractivity contribution is 0.889. The molecule has 0 saturated heterocycles. The second-order valence-electron chi connectivity index (χ2n) is 6.98. The Balaban J connectivity index is 2.48. The number of hydrogen-bond acceptors (Lipinski definition) is 0. The Morgan fingerprint density at radius 1 is 0.500 bits per heavy atom. The second kappa shape index (κ2) is 9.67. The fraction of sp³-hybridized carbons (Fsp3) is 0.500. The molecule has 2 aromatic carbocycles. The van der Waals surface area contributed by atoms with Gasteiger partial charge >= 0.3 is 0 Å². The largest absolute Gasteiger partial charge is 0.0651 e. The molecule has 0 spiro atoms. The first-order valence-corrected chi connectivity index (χ1v) is 9.97. The maximum Gasteiger partial charge on any atom is -0.0149 e. The predicted octanol–water partition coefficient (Wildman–Crippen LogP) is 7.16. The van der Waals surface area contributed by atoms with Crippen LogP contribution in [0, 0.1) is 0 Å². The Morgan fingerprint density at radius 2 is 0.875 bits per heavy atom. The minimum absolute atomic E-state index is 1.18. The summed E-state index contributed by atoms with van der Waals surface area (Å²) >= 11 is 0. The van der Waals surface area contributed by atoms with Crippen molar-refractivity contribution in [1.29, 1.82) is 0 Å². The molecule has 0 heteroatoms. The van der Waals surface area contributed by atoms with Crippen molar-refractivity contribution in [2.24, 2.45) is 0 Å². The highest BCUT2D eigenvalue weighted by molar-refractivity contribution is 5.71. The summed E-state index contributed by atoms with van der Waals surface area (Å²) in [5, 5.41) is 0. The minimum atomic E-state index is 1.18. The number of rotatable bonds is 9. The van der Waals surface area contributed by atoms with Crippen molar-refractivity contribution in [1.82, 2.24) is 0 Å². The van der Waals surface area contributed by atoms with Gasteiger partial charge in [-0.05, 0) is 59.1 Å². The van der Waals surface area contributed by atoms with E-state index < -0.39 is 0 Å². The third kappa shape index (κ3) is 4.72. The van der Waals surface area contributed by atoms with Crippen LogP contribution in [0.25, 0.3) is 11.1 Å². The van der Waals surface area contributed by atoms with E-state index in [1.807, 2.05) is 0 Å². The predicted molar refractivity (Wildman–Crippen MR) is 108 cm³/mol. The molecule has 0 aliphatic rings. The van der Waals surface area contributed by atoms with Gasteiger partial charge in [0.05, 0.1) is 0 Å². The number of benzene rings is 2. The summed E-state index contributed by atoms with van der Waals surface area (Å²) < 4.78 is 0. The second-order valence-corrected chi connectivity index (χ2v) is 6.98. The molecule has 0 N–H and O–H groups in total. The first kappa shape index (κ1) is 18.8. The van der Waals surface area contributed by atoms with Gasteiger partial charge in [0.1, 0.15) is 0 Å². The van der Waals surface area contributed by atoms with E-state index in [-0.39, 0.29) is 0 Å². The van der Waals surface area contributed by atoms with Crippen LogP contribution in [0.15, 0.2) is 36.4 Å². The standard InChI is InChI=1S/C24H34/c1-5-9-19-13-15-23(21(17-19)11-7-3)24-16-14-20(10-6-2)18-22(24)12-8-4/h13-18H,5-12H2,1-4H3. The van der Waals surface area contributed by atoms with Crippen molar-refractivity contribution in [2.75, 3.05) is 0 Å². The Hall–Kier alpha value is -1.56. The van der Waals surface area contributed by atoms with Crippen LogP contribution < -0.4 is 0 Å². The van der Waals surface area contributed by atoms with Gasteiger partial charge < -0.3 is 0 Å². The van der Waals surface area contributed by atoms with Crippen molar-refractivity contribution in [3.05, 3.63) is 58.7 Å². The Labute approximate surface area is 149 Å². The Kier molecular flexibility index (Phi) is 7.56. The van der Waals surface area contributed by atoms with E-state index in [0.29, 0.717) is 0 Å². The molecule has 0 saturated carbocycles. The first-order chi connectivity index (χ1) is 11.7. The summed E-state index contributed by atoms with van der Waals surface area (Å²) in [5.41, 5.74) is 8.97. The van der Waals surface area contributed by atoms with Crippen molar-refractivity contribution < 1.29 is 0 Å². The summed E-state index contributed by atoms with van der Waals surface area (Å²) in [6, 6.07) is 14.4. The zero-order valence-electron chi connectivity index (χ0n) is 16.1. The third-order valence-electron chi connectivity index (χ3n) is 4.75. The quantitative estimate of drug-likeness (QED) is 0.459. The van der Waals surface area contributed by atoms with E-state index in [1.54, 1.807) is 0 Å². The monoisotopic (exact) mass is 322 g/mol. The van der Waals surface area contributed by atoms with Crippen molar-refractivity contribution in [3.63, 3.8) is 0 Å². The van der Waals surface area contributed by atoms with Gasteiger partial charge in [-0.15, -0.1) is 0 Å². The summed E-state index contributed by atoms with van der Waals surface area (Å²) in [4.78, 5) is 0. The lowest BCUT2D eigenvalue weighted by Gasteiger charge is -2.16. The van der Waals surface area contributed by atoms with E-state index >= 15 is 0 Å². The molecule has 0 fully saturated rings. The van der Waals surface area contributed by atoms with Crippen LogP contribution in [-0.4, -0.2) is 0 Å². The van der Waals surface area contributed by atoms with Crippen molar-refractivity contribution >= 4 is 0 Å². The van der Waals surface area contributed by atoms with E-state index in [2.05, 4.69) is 64.1 Å². The maximum atomic E-state index is 2.46. The van der Waals surface area contributed by atoms with Crippen molar-refractivity contribution in [3.8, 4) is 11.1 Å². The molecule has 0 unspecified atom stereocenters. The zero-order chi connectivity index (χ0) is 17.4. The Morgan fingerprint density at radius 3 is 1.21 bits per heavy atom. The van der Waals surface area contributed by atoms with Crippen LogP contribution in [0.3, 0.4) is 0 Å². The molecule has 0 aromatic heterocycles. The fourth-order valence-electron chi connectivity index (χ4n) is 3.66. The highest BCUT2D eigenvalue weighted by Crippen LogP contribution is 2.31. The van der Waals surface area contributed by atoms with Crippen LogP contribution in [0.1, 0.15) is 75.6 Å². The summed E-state index contributed by atoms with van der Waals surface area (Å²) in [7, 11) is 0. The van der Waals surface area contributed by atoms with Crippen LogP contribution >= 0.6 is 0 Å². The van der Waals surface area contributed by atoms with E-state index in [4.69, 9.17) is 0 Å². The Bertz CT molecular complexity index is 579. The lowest BCUT2D eigenvalue weighted by Crippen LogP contribution is -1.98. The highest BCUT2D eigenvalue weighted by atomic mass is 14.2. The molecular weight excluding hydrogens is 288 g/mol. The summed E-state index contributed by atoms with van der Waals surface area (Å²) in [6.07, 6.45) is 9.58. The van der Waals surface area contributed by atoms with E-state index in [1.165, 1.54) is 84.7 Å². The topological polar surface area (TPSA) is 0 Å². The maximum absolute atomic E-state index is 2.46. The van der Waals surface area contributed by atoms with Crippen molar-refractivity contribution in [2.45, 2.75) is 79.1 Å². The van der Waals surface area contributed by atoms with E-state index in [9.17, 15) is 0 Å². The van der Waals surface area contributed by atoms with Gasteiger partial charge in [-0.25, -0.2) is 0 Å². The molecule has 130 valence electrons. The molecule has 2 aromatic rings. The molecular formula is C24H34. The lowest BCUT2D eigenvalue weighted by atomic mass is 9.88. The molecule has 0 heterocycles. The molecule has 0 nitrogen and oxygen atoms in total. The van der Waals surface area contributed by atoms with Gasteiger partial charge in [0.2, 0.25) is 0 Å². The average molecular weight is 323 g/mol. The average Bonchev–Trinajstić information content (AvgIpc) is 2.57. The van der Waals surface area contributed by atoms with E-state index in [0.717, 1.165) is 0 Å². The molecule has 0 aliphatic heterocycles. The van der Waals surface area contributed by atoms with Gasteiger partial charge in [0.25, 0.3) is 0 Å². The first-order valence-electron chi connectivity index (χ1n) is 9.97. The molecule has 24 heavy (non-hydrogen) atoms. The van der Waals surface area contributed by atoms with Crippen LogP contribution in [0.2, 0.25) is 0 Å². The van der Waals surface area contributed by atoms with Gasteiger partial charge in [-0.2, -0.15) is 0 Å². The van der Waals surface area contributed by atoms with Gasteiger partial charge in [0, 0.05) is 0 Å². The molecule has 0 aliphatic carbocycles. The molecule has 2 rings (SSSR count). The number of hydrogen-bond donors (Lipinski definition) is 0.